The molecule has 96 valence electrons. The zero-order valence-corrected chi connectivity index (χ0v) is 11.4. The summed E-state index contributed by atoms with van der Waals surface area (Å²) in [7, 11) is 0. The van der Waals surface area contributed by atoms with Gasteiger partial charge in [0.05, 0.1) is 9.82 Å². The van der Waals surface area contributed by atoms with Crippen molar-refractivity contribution >= 4 is 29.1 Å². The lowest BCUT2D eigenvalue weighted by molar-refractivity contribution is -0.387. The number of hydrogen-bond acceptors (Lipinski definition) is 3. The summed E-state index contributed by atoms with van der Waals surface area (Å²) in [6, 6.07) is 6.96. The summed E-state index contributed by atoms with van der Waals surface area (Å²) in [4.78, 5) is 11.4. The van der Waals surface area contributed by atoms with E-state index in [-0.39, 0.29) is 16.0 Å². The molecule has 4 atom stereocenters. The fourth-order valence-corrected chi connectivity index (χ4v) is 5.28. The minimum Gasteiger partial charge on any atom is -0.258 e. The van der Waals surface area contributed by atoms with Crippen molar-refractivity contribution in [1.82, 2.24) is 0 Å². The summed E-state index contributed by atoms with van der Waals surface area (Å²) in [6.07, 6.45) is 3.66. The second kappa shape index (κ2) is 4.74. The molecular weight excluding hydrogens is 270 g/mol. The summed E-state index contributed by atoms with van der Waals surface area (Å²) < 4.78 is 0. The Morgan fingerprint density at radius 3 is 2.67 bits per heavy atom. The first-order valence-corrected chi connectivity index (χ1v) is 7.52. The number of hydrogen-bond donors (Lipinski definition) is 0. The first kappa shape index (κ1) is 12.3. The van der Waals surface area contributed by atoms with Gasteiger partial charge in [-0.3, -0.25) is 10.1 Å². The molecule has 3 nitrogen and oxygen atoms in total. The van der Waals surface area contributed by atoms with Crippen LogP contribution in [0.1, 0.15) is 19.3 Å². The third-order valence-electron chi connectivity index (χ3n) is 4.07. The maximum atomic E-state index is 11.0. The van der Waals surface area contributed by atoms with Crippen molar-refractivity contribution in [1.29, 1.82) is 0 Å². The highest BCUT2D eigenvalue weighted by Gasteiger charge is 2.47. The van der Waals surface area contributed by atoms with Crippen molar-refractivity contribution in [2.24, 2.45) is 11.8 Å². The topological polar surface area (TPSA) is 43.1 Å². The van der Waals surface area contributed by atoms with Gasteiger partial charge in [0.2, 0.25) is 0 Å². The van der Waals surface area contributed by atoms with Crippen LogP contribution in [0.5, 0.6) is 0 Å². The minimum atomic E-state index is -0.307. The first-order valence-electron chi connectivity index (χ1n) is 6.21. The van der Waals surface area contributed by atoms with E-state index in [1.54, 1.807) is 23.9 Å². The highest BCUT2D eigenvalue weighted by atomic mass is 35.5. The zero-order chi connectivity index (χ0) is 12.7. The second-order valence-corrected chi connectivity index (χ2v) is 6.81. The van der Waals surface area contributed by atoms with E-state index in [1.807, 2.05) is 12.1 Å². The van der Waals surface area contributed by atoms with Gasteiger partial charge in [-0.05, 0) is 37.2 Å². The van der Waals surface area contributed by atoms with Gasteiger partial charge in [-0.1, -0.05) is 12.1 Å². The van der Waals surface area contributed by atoms with Crippen LogP contribution >= 0.6 is 23.4 Å². The first-order chi connectivity index (χ1) is 8.66. The molecule has 0 aromatic heterocycles. The van der Waals surface area contributed by atoms with E-state index in [9.17, 15) is 10.1 Å². The summed E-state index contributed by atoms with van der Waals surface area (Å²) in [5.74, 6) is 1.26. The molecule has 0 radical (unpaired) electrons. The van der Waals surface area contributed by atoms with Crippen LogP contribution in [0.2, 0.25) is 0 Å². The second-order valence-electron chi connectivity index (χ2n) is 5.08. The van der Waals surface area contributed by atoms with Gasteiger partial charge in [0.1, 0.15) is 0 Å². The molecule has 2 bridgehead atoms. The lowest BCUT2D eigenvalue weighted by atomic mass is 10.00. The van der Waals surface area contributed by atoms with E-state index in [1.165, 1.54) is 19.3 Å². The summed E-state index contributed by atoms with van der Waals surface area (Å²) in [5.41, 5.74) is 0.203. The molecule has 5 heteroatoms. The highest BCUT2D eigenvalue weighted by molar-refractivity contribution is 8.00. The Bertz CT molecular complexity index is 480. The number of nitro groups is 1. The molecule has 2 aliphatic rings. The zero-order valence-electron chi connectivity index (χ0n) is 9.79. The monoisotopic (exact) mass is 283 g/mol. The van der Waals surface area contributed by atoms with Gasteiger partial charge in [-0.2, -0.15) is 0 Å². The lowest BCUT2D eigenvalue weighted by Crippen LogP contribution is -2.25. The van der Waals surface area contributed by atoms with E-state index in [4.69, 9.17) is 11.6 Å². The maximum Gasteiger partial charge on any atom is 0.282 e. The average Bonchev–Trinajstić information content (AvgIpc) is 2.93. The molecule has 2 fully saturated rings. The fourth-order valence-electron chi connectivity index (χ4n) is 3.18. The molecule has 0 heterocycles. The van der Waals surface area contributed by atoms with Gasteiger partial charge < -0.3 is 0 Å². The van der Waals surface area contributed by atoms with Gasteiger partial charge in [0.15, 0.2) is 0 Å². The Morgan fingerprint density at radius 1 is 1.28 bits per heavy atom. The third kappa shape index (κ3) is 2.01. The van der Waals surface area contributed by atoms with E-state index in [0.717, 1.165) is 4.90 Å². The molecule has 0 N–H and O–H groups in total. The molecule has 0 saturated heterocycles. The smallest absolute Gasteiger partial charge is 0.258 e. The molecule has 1 aromatic rings. The van der Waals surface area contributed by atoms with Gasteiger partial charge >= 0.3 is 0 Å². The van der Waals surface area contributed by atoms with Gasteiger partial charge in [0.25, 0.3) is 5.69 Å². The fraction of sp³-hybridized carbons (Fsp3) is 0.538. The summed E-state index contributed by atoms with van der Waals surface area (Å²) in [6.45, 7) is 0. The van der Waals surface area contributed by atoms with Crippen LogP contribution in [0.25, 0.3) is 0 Å². The van der Waals surface area contributed by atoms with E-state index in [0.29, 0.717) is 17.1 Å². The summed E-state index contributed by atoms with van der Waals surface area (Å²) >= 11 is 8.07. The van der Waals surface area contributed by atoms with Crippen molar-refractivity contribution in [3.63, 3.8) is 0 Å². The molecule has 3 rings (SSSR count). The van der Waals surface area contributed by atoms with Gasteiger partial charge in [-0.25, -0.2) is 0 Å². The SMILES string of the molecule is O=[N+]([O-])c1ccccc1S[C@@H]1[C@@H]2CC[C@@H](C2)[C@@H]1Cl. The Kier molecular flexibility index (Phi) is 3.24. The quantitative estimate of drug-likeness (QED) is 0.477. The number of para-hydroxylation sites is 1. The Balaban J connectivity index is 1.83. The van der Waals surface area contributed by atoms with E-state index >= 15 is 0 Å². The van der Waals surface area contributed by atoms with Crippen molar-refractivity contribution < 1.29 is 4.92 Å². The Hall–Kier alpha value is -0.740. The maximum absolute atomic E-state index is 11.0. The highest BCUT2D eigenvalue weighted by Crippen LogP contribution is 2.54. The van der Waals surface area contributed by atoms with E-state index in [2.05, 4.69) is 0 Å². The van der Waals surface area contributed by atoms with Crippen LogP contribution < -0.4 is 0 Å². The number of nitro benzene ring substituents is 1. The number of nitrogens with zero attached hydrogens (tertiary/aromatic N) is 1. The third-order valence-corrected chi connectivity index (χ3v) is 6.39. The molecule has 0 aliphatic heterocycles. The standard InChI is InChI=1S/C13H14ClNO2S/c14-12-8-5-6-9(7-8)13(12)18-11-4-2-1-3-10(11)15(16)17/h1-4,8-9,12-13H,5-7H2/t8-,9+,12-,13+/m0/s1. The van der Waals surface area contributed by atoms with Crippen molar-refractivity contribution in [2.75, 3.05) is 0 Å². The lowest BCUT2D eigenvalue weighted by Gasteiger charge is -2.25. The normalized spacial score (nSPS) is 33.8. The largest absolute Gasteiger partial charge is 0.282 e. The van der Waals surface area contributed by atoms with Gasteiger partial charge in [-0.15, -0.1) is 23.4 Å². The Labute approximate surface area is 115 Å². The number of halogens is 1. The minimum absolute atomic E-state index is 0.175. The predicted molar refractivity (Wildman–Crippen MR) is 73.2 cm³/mol. The van der Waals surface area contributed by atoms with Crippen molar-refractivity contribution in [3.8, 4) is 0 Å². The molecule has 1 aromatic carbocycles. The molecule has 2 saturated carbocycles. The van der Waals surface area contributed by atoms with Crippen LogP contribution in [-0.2, 0) is 0 Å². The van der Waals surface area contributed by atoms with Crippen LogP contribution in [-0.4, -0.2) is 15.6 Å². The number of fused-ring (bicyclic) bond motifs is 2. The van der Waals surface area contributed by atoms with Crippen LogP contribution in [0.4, 0.5) is 5.69 Å². The molecule has 2 aliphatic carbocycles. The molecule has 0 spiro atoms. The number of alkyl halides is 1. The average molecular weight is 284 g/mol. The number of rotatable bonds is 3. The van der Waals surface area contributed by atoms with Crippen LogP contribution in [0, 0.1) is 22.0 Å². The van der Waals surface area contributed by atoms with Crippen LogP contribution in [0.15, 0.2) is 29.2 Å². The van der Waals surface area contributed by atoms with Gasteiger partial charge in [0, 0.05) is 16.7 Å². The summed E-state index contributed by atoms with van der Waals surface area (Å²) in [5, 5.41) is 11.5. The molecule has 0 amide bonds. The number of benzene rings is 1. The predicted octanol–water partition coefficient (Wildman–Crippen LogP) is 4.09. The molecular formula is C13H14ClNO2S. The number of thioether (sulfide) groups is 1. The van der Waals surface area contributed by atoms with E-state index < -0.39 is 0 Å². The molecule has 0 unspecified atom stereocenters. The molecule has 18 heavy (non-hydrogen) atoms. The van der Waals surface area contributed by atoms with Crippen molar-refractivity contribution in [3.05, 3.63) is 34.4 Å². The van der Waals surface area contributed by atoms with Crippen LogP contribution in [0.3, 0.4) is 0 Å². The Morgan fingerprint density at radius 2 is 2.00 bits per heavy atom. The van der Waals surface area contributed by atoms with Crippen molar-refractivity contribution in [2.45, 2.75) is 34.8 Å².